The zero-order valence-corrected chi connectivity index (χ0v) is 9.82. The number of esters is 1. The van der Waals surface area contributed by atoms with Gasteiger partial charge in [0, 0.05) is 5.03 Å². The maximum absolute atomic E-state index is 11.1. The van der Waals surface area contributed by atoms with Crippen molar-refractivity contribution in [3.63, 3.8) is 0 Å². The van der Waals surface area contributed by atoms with Gasteiger partial charge in [0.2, 0.25) is 0 Å². The quantitative estimate of drug-likeness (QED) is 0.760. The van der Waals surface area contributed by atoms with Crippen LogP contribution in [0.3, 0.4) is 0 Å². The predicted octanol–water partition coefficient (Wildman–Crippen LogP) is 2.39. The highest BCUT2D eigenvalue weighted by atomic mass is 35.5. The molecule has 16 heavy (non-hydrogen) atoms. The van der Waals surface area contributed by atoms with E-state index in [-0.39, 0.29) is 5.69 Å². The summed E-state index contributed by atoms with van der Waals surface area (Å²) in [6.45, 7) is 2.14. The third-order valence-corrected chi connectivity index (χ3v) is 1.90. The first-order chi connectivity index (χ1) is 7.63. The SMILES string of the molecule is COC(=O)c1ccc(OC/C=C(/C)Cl)cn1. The minimum atomic E-state index is -0.469. The van der Waals surface area contributed by atoms with Crippen molar-refractivity contribution in [2.75, 3.05) is 13.7 Å². The fraction of sp³-hybridized carbons (Fsp3) is 0.273. The molecule has 0 aliphatic carbocycles. The summed E-state index contributed by atoms with van der Waals surface area (Å²) in [5, 5.41) is 0.666. The molecule has 0 aliphatic heterocycles. The molecule has 0 aliphatic rings. The lowest BCUT2D eigenvalue weighted by molar-refractivity contribution is 0.0594. The number of rotatable bonds is 4. The van der Waals surface area contributed by atoms with Gasteiger partial charge in [-0.15, -0.1) is 0 Å². The fourth-order valence-corrected chi connectivity index (χ4v) is 1.01. The molecule has 0 amide bonds. The van der Waals surface area contributed by atoms with Crippen molar-refractivity contribution in [1.82, 2.24) is 4.98 Å². The Morgan fingerprint density at radius 1 is 1.56 bits per heavy atom. The molecule has 0 aromatic carbocycles. The number of aromatic nitrogens is 1. The highest BCUT2D eigenvalue weighted by Gasteiger charge is 2.05. The van der Waals surface area contributed by atoms with Crippen LogP contribution >= 0.6 is 11.6 Å². The second-order valence-corrected chi connectivity index (χ2v) is 3.57. The number of hydrogen-bond donors (Lipinski definition) is 0. The maximum Gasteiger partial charge on any atom is 0.356 e. The van der Waals surface area contributed by atoms with Crippen LogP contribution in [0, 0.1) is 0 Å². The number of hydrogen-bond acceptors (Lipinski definition) is 4. The number of ether oxygens (including phenoxy) is 2. The van der Waals surface area contributed by atoms with E-state index in [0.29, 0.717) is 17.4 Å². The molecule has 0 saturated heterocycles. The smallest absolute Gasteiger partial charge is 0.356 e. The summed E-state index contributed by atoms with van der Waals surface area (Å²) in [4.78, 5) is 15.0. The Morgan fingerprint density at radius 2 is 2.31 bits per heavy atom. The van der Waals surface area contributed by atoms with Gasteiger partial charge in [-0.1, -0.05) is 11.6 Å². The average molecular weight is 242 g/mol. The van der Waals surface area contributed by atoms with Gasteiger partial charge in [0.05, 0.1) is 13.3 Å². The van der Waals surface area contributed by atoms with Gasteiger partial charge in [-0.3, -0.25) is 0 Å². The molecule has 0 bridgehead atoms. The summed E-state index contributed by atoms with van der Waals surface area (Å²) >= 11 is 5.63. The predicted molar refractivity (Wildman–Crippen MR) is 60.7 cm³/mol. The van der Waals surface area contributed by atoms with E-state index in [0.717, 1.165) is 0 Å². The topological polar surface area (TPSA) is 48.4 Å². The van der Waals surface area contributed by atoms with Gasteiger partial charge in [-0.25, -0.2) is 9.78 Å². The molecule has 0 atom stereocenters. The van der Waals surface area contributed by atoms with Crippen molar-refractivity contribution in [3.05, 3.63) is 35.1 Å². The van der Waals surface area contributed by atoms with E-state index in [4.69, 9.17) is 16.3 Å². The molecule has 0 unspecified atom stereocenters. The monoisotopic (exact) mass is 241 g/mol. The normalized spacial score (nSPS) is 11.1. The molecule has 0 fully saturated rings. The second-order valence-electron chi connectivity index (χ2n) is 2.97. The van der Waals surface area contributed by atoms with E-state index in [2.05, 4.69) is 9.72 Å². The van der Waals surface area contributed by atoms with Crippen LogP contribution in [-0.4, -0.2) is 24.7 Å². The first-order valence-corrected chi connectivity index (χ1v) is 5.00. The summed E-state index contributed by atoms with van der Waals surface area (Å²) in [6.07, 6.45) is 3.19. The lowest BCUT2D eigenvalue weighted by atomic mass is 10.3. The van der Waals surface area contributed by atoms with E-state index >= 15 is 0 Å². The molecule has 0 N–H and O–H groups in total. The number of methoxy groups -OCH3 is 1. The Hall–Kier alpha value is -1.55. The largest absolute Gasteiger partial charge is 0.488 e. The fourth-order valence-electron chi connectivity index (χ4n) is 0.944. The maximum atomic E-state index is 11.1. The molecular formula is C11H12ClNO3. The van der Waals surface area contributed by atoms with Gasteiger partial charge in [-0.05, 0) is 25.1 Å². The van der Waals surface area contributed by atoms with E-state index < -0.39 is 5.97 Å². The zero-order valence-electron chi connectivity index (χ0n) is 9.07. The van der Waals surface area contributed by atoms with Crippen molar-refractivity contribution in [2.24, 2.45) is 0 Å². The molecule has 1 rings (SSSR count). The Balaban J connectivity index is 2.58. The summed E-state index contributed by atoms with van der Waals surface area (Å²) in [5.74, 6) is 0.102. The van der Waals surface area contributed by atoms with Gasteiger partial charge in [0.25, 0.3) is 0 Å². The van der Waals surface area contributed by atoms with Crippen molar-refractivity contribution in [1.29, 1.82) is 0 Å². The summed E-state index contributed by atoms with van der Waals surface area (Å²) < 4.78 is 9.83. The van der Waals surface area contributed by atoms with Gasteiger partial charge in [-0.2, -0.15) is 0 Å². The standard InChI is InChI=1S/C11H12ClNO3/c1-8(12)5-6-16-9-3-4-10(13-7-9)11(14)15-2/h3-5,7H,6H2,1-2H3/b8-5-. The molecule has 0 saturated carbocycles. The Kier molecular flexibility index (Phi) is 4.79. The third kappa shape index (κ3) is 3.90. The number of allylic oxidation sites excluding steroid dienone is 1. The molecule has 1 aromatic rings. The Bertz CT molecular complexity index is 383. The van der Waals surface area contributed by atoms with Crippen LogP contribution < -0.4 is 4.74 Å². The second kappa shape index (κ2) is 6.12. The van der Waals surface area contributed by atoms with Gasteiger partial charge in [0.15, 0.2) is 0 Å². The molecule has 1 aromatic heterocycles. The van der Waals surface area contributed by atoms with Crippen LogP contribution in [0.15, 0.2) is 29.4 Å². The van der Waals surface area contributed by atoms with Crippen LogP contribution in [0.2, 0.25) is 0 Å². The van der Waals surface area contributed by atoms with E-state index in [1.165, 1.54) is 13.3 Å². The lowest BCUT2D eigenvalue weighted by Gasteiger charge is -2.03. The van der Waals surface area contributed by atoms with Crippen LogP contribution in [0.1, 0.15) is 17.4 Å². The molecule has 4 nitrogen and oxygen atoms in total. The van der Waals surface area contributed by atoms with Crippen LogP contribution in [-0.2, 0) is 4.74 Å². The van der Waals surface area contributed by atoms with E-state index in [9.17, 15) is 4.79 Å². The first kappa shape index (κ1) is 12.5. The molecule has 1 heterocycles. The van der Waals surface area contributed by atoms with E-state index in [1.54, 1.807) is 25.1 Å². The lowest BCUT2D eigenvalue weighted by Crippen LogP contribution is -2.04. The molecule has 5 heteroatoms. The van der Waals surface area contributed by atoms with Crippen molar-refractivity contribution in [3.8, 4) is 5.75 Å². The number of pyridine rings is 1. The number of carbonyl (C=O) groups is 1. The Labute approximate surface area is 98.8 Å². The minimum absolute atomic E-state index is 0.249. The number of carbonyl (C=O) groups excluding carboxylic acids is 1. The minimum Gasteiger partial charge on any atom is -0.488 e. The molecule has 0 radical (unpaired) electrons. The van der Waals surface area contributed by atoms with Gasteiger partial charge in [0.1, 0.15) is 18.1 Å². The molecule has 86 valence electrons. The zero-order chi connectivity index (χ0) is 12.0. The molecular weight excluding hydrogens is 230 g/mol. The highest BCUT2D eigenvalue weighted by Crippen LogP contribution is 2.10. The Morgan fingerprint density at radius 3 is 2.81 bits per heavy atom. The van der Waals surface area contributed by atoms with E-state index in [1.807, 2.05) is 0 Å². The first-order valence-electron chi connectivity index (χ1n) is 4.63. The van der Waals surface area contributed by atoms with Crippen molar-refractivity contribution in [2.45, 2.75) is 6.92 Å². The average Bonchev–Trinajstić information content (AvgIpc) is 2.28. The number of halogens is 1. The third-order valence-electron chi connectivity index (χ3n) is 1.75. The van der Waals surface area contributed by atoms with Crippen molar-refractivity contribution >= 4 is 17.6 Å². The summed E-state index contributed by atoms with van der Waals surface area (Å²) in [6, 6.07) is 3.19. The highest BCUT2D eigenvalue weighted by molar-refractivity contribution is 6.29. The van der Waals surface area contributed by atoms with Gasteiger partial charge < -0.3 is 9.47 Å². The summed E-state index contributed by atoms with van der Waals surface area (Å²) in [7, 11) is 1.31. The van der Waals surface area contributed by atoms with Crippen LogP contribution in [0.25, 0.3) is 0 Å². The van der Waals surface area contributed by atoms with Crippen LogP contribution in [0.4, 0.5) is 0 Å². The molecule has 0 spiro atoms. The van der Waals surface area contributed by atoms with Crippen LogP contribution in [0.5, 0.6) is 5.75 Å². The summed E-state index contributed by atoms with van der Waals surface area (Å²) in [5.41, 5.74) is 0.249. The van der Waals surface area contributed by atoms with Crippen molar-refractivity contribution < 1.29 is 14.3 Å². The number of nitrogens with zero attached hydrogens (tertiary/aromatic N) is 1. The van der Waals surface area contributed by atoms with Gasteiger partial charge >= 0.3 is 5.97 Å².